The molecule has 9 heteroatoms. The number of amides is 3. The van der Waals surface area contributed by atoms with Crippen molar-refractivity contribution in [2.75, 3.05) is 0 Å². The molecule has 0 aromatic heterocycles. The highest BCUT2D eigenvalue weighted by Gasteiger charge is 2.46. The van der Waals surface area contributed by atoms with Gasteiger partial charge in [-0.2, -0.15) is 0 Å². The van der Waals surface area contributed by atoms with Crippen LogP contribution in [0, 0.1) is 10.1 Å². The standard InChI is InChI=1S/C14H13N3O6/c18-10-6-2-5-9(12(19)15-10)16-13(20)7-3-1-4-8(17(22)23)11(7)14(16)21/h1,3-4,9-10,18H,2,5-6H2,(H,15,19)/t9-,10?/m0/s1. The van der Waals surface area contributed by atoms with E-state index in [4.69, 9.17) is 0 Å². The molecule has 1 aromatic carbocycles. The van der Waals surface area contributed by atoms with Crippen molar-refractivity contribution in [3.63, 3.8) is 0 Å². The van der Waals surface area contributed by atoms with Crippen LogP contribution in [-0.4, -0.2) is 44.9 Å². The molecule has 2 N–H and O–H groups in total. The number of hydrogen-bond acceptors (Lipinski definition) is 6. The number of nitrogens with one attached hydrogen (secondary N) is 1. The number of imide groups is 1. The lowest BCUT2D eigenvalue weighted by molar-refractivity contribution is -0.385. The lowest BCUT2D eigenvalue weighted by Crippen LogP contribution is -2.50. The van der Waals surface area contributed by atoms with E-state index in [1.54, 1.807) is 0 Å². The molecular formula is C14H13N3O6. The third-order valence-corrected chi connectivity index (χ3v) is 4.00. The zero-order chi connectivity index (χ0) is 16.7. The molecule has 2 atom stereocenters. The number of fused-ring (bicyclic) bond motifs is 1. The monoisotopic (exact) mass is 319 g/mol. The molecule has 1 unspecified atom stereocenters. The van der Waals surface area contributed by atoms with Crippen LogP contribution >= 0.6 is 0 Å². The summed E-state index contributed by atoms with van der Waals surface area (Å²) in [5.74, 6) is -2.23. The summed E-state index contributed by atoms with van der Waals surface area (Å²) in [5, 5.41) is 22.9. The van der Waals surface area contributed by atoms with E-state index in [9.17, 15) is 29.6 Å². The largest absolute Gasteiger partial charge is 0.374 e. The van der Waals surface area contributed by atoms with E-state index in [-0.39, 0.29) is 17.5 Å². The highest BCUT2D eigenvalue weighted by molar-refractivity contribution is 6.24. The fourth-order valence-corrected chi connectivity index (χ4v) is 2.94. The molecule has 2 heterocycles. The van der Waals surface area contributed by atoms with E-state index >= 15 is 0 Å². The minimum absolute atomic E-state index is 0.0817. The van der Waals surface area contributed by atoms with Gasteiger partial charge in [-0.15, -0.1) is 0 Å². The minimum atomic E-state index is -1.08. The van der Waals surface area contributed by atoms with E-state index in [1.807, 2.05) is 0 Å². The number of carbonyl (C=O) groups is 3. The van der Waals surface area contributed by atoms with Crippen molar-refractivity contribution in [3.8, 4) is 0 Å². The van der Waals surface area contributed by atoms with Gasteiger partial charge < -0.3 is 10.4 Å². The molecule has 23 heavy (non-hydrogen) atoms. The molecule has 0 saturated carbocycles. The summed E-state index contributed by atoms with van der Waals surface area (Å²) in [6.07, 6.45) is -0.0923. The second-order valence-corrected chi connectivity index (χ2v) is 5.41. The molecule has 9 nitrogen and oxygen atoms in total. The maximum absolute atomic E-state index is 12.5. The number of carbonyl (C=O) groups excluding carboxylic acids is 3. The molecule has 2 aliphatic rings. The van der Waals surface area contributed by atoms with Crippen LogP contribution in [0.3, 0.4) is 0 Å². The third-order valence-electron chi connectivity index (χ3n) is 4.00. The lowest BCUT2D eigenvalue weighted by atomic mass is 10.1. The van der Waals surface area contributed by atoms with Crippen molar-refractivity contribution >= 4 is 23.4 Å². The number of aliphatic hydroxyl groups is 1. The molecule has 0 radical (unpaired) electrons. The van der Waals surface area contributed by atoms with Gasteiger partial charge in [0.05, 0.1) is 10.5 Å². The van der Waals surface area contributed by atoms with Gasteiger partial charge in [0.1, 0.15) is 17.8 Å². The van der Waals surface area contributed by atoms with E-state index in [0.717, 1.165) is 11.0 Å². The molecule has 1 saturated heterocycles. The highest BCUT2D eigenvalue weighted by atomic mass is 16.6. The second kappa shape index (κ2) is 5.43. The van der Waals surface area contributed by atoms with Gasteiger partial charge in [-0.1, -0.05) is 6.07 Å². The Labute approximate surface area is 130 Å². The van der Waals surface area contributed by atoms with Gasteiger partial charge in [0.15, 0.2) is 0 Å². The molecule has 1 fully saturated rings. The van der Waals surface area contributed by atoms with E-state index in [2.05, 4.69) is 5.32 Å². The number of nitro groups is 1. The van der Waals surface area contributed by atoms with Crippen LogP contribution in [0.1, 0.15) is 40.0 Å². The Morgan fingerprint density at radius 2 is 1.96 bits per heavy atom. The average molecular weight is 319 g/mol. The van der Waals surface area contributed by atoms with Gasteiger partial charge in [0.2, 0.25) is 5.91 Å². The topological polar surface area (TPSA) is 130 Å². The Morgan fingerprint density at radius 3 is 2.65 bits per heavy atom. The molecule has 0 spiro atoms. The van der Waals surface area contributed by atoms with Crippen molar-refractivity contribution in [2.24, 2.45) is 0 Å². The fourth-order valence-electron chi connectivity index (χ4n) is 2.94. The number of nitrogens with zero attached hydrogens (tertiary/aromatic N) is 2. The predicted molar refractivity (Wildman–Crippen MR) is 75.4 cm³/mol. The molecule has 3 amide bonds. The number of nitro benzene ring substituents is 1. The van der Waals surface area contributed by atoms with Gasteiger partial charge in [0.25, 0.3) is 17.5 Å². The Bertz CT molecular complexity index is 731. The molecule has 1 aromatic rings. The van der Waals surface area contributed by atoms with Gasteiger partial charge in [0, 0.05) is 6.07 Å². The molecule has 3 rings (SSSR count). The number of rotatable bonds is 2. The van der Waals surface area contributed by atoms with Gasteiger partial charge >= 0.3 is 0 Å². The van der Waals surface area contributed by atoms with Crippen LogP contribution in [0.4, 0.5) is 5.69 Å². The number of benzene rings is 1. The minimum Gasteiger partial charge on any atom is -0.374 e. The molecular weight excluding hydrogens is 306 g/mol. The highest BCUT2D eigenvalue weighted by Crippen LogP contribution is 2.33. The lowest BCUT2D eigenvalue weighted by Gasteiger charge is -2.23. The summed E-state index contributed by atoms with van der Waals surface area (Å²) in [6.45, 7) is 0. The summed E-state index contributed by atoms with van der Waals surface area (Å²) in [5.41, 5.74) is -0.834. The van der Waals surface area contributed by atoms with Crippen LogP contribution in [0.25, 0.3) is 0 Å². The Balaban J connectivity index is 2.02. The summed E-state index contributed by atoms with van der Waals surface area (Å²) in [7, 11) is 0. The van der Waals surface area contributed by atoms with Crippen LogP contribution in [0.15, 0.2) is 18.2 Å². The quantitative estimate of drug-likeness (QED) is 0.454. The smallest absolute Gasteiger partial charge is 0.282 e. The van der Waals surface area contributed by atoms with E-state index < -0.39 is 40.6 Å². The van der Waals surface area contributed by atoms with Crippen molar-refractivity contribution < 1.29 is 24.4 Å². The van der Waals surface area contributed by atoms with Crippen LogP contribution in [0.2, 0.25) is 0 Å². The second-order valence-electron chi connectivity index (χ2n) is 5.41. The Morgan fingerprint density at radius 1 is 1.22 bits per heavy atom. The third kappa shape index (κ3) is 2.34. The van der Waals surface area contributed by atoms with Crippen LogP contribution in [0.5, 0.6) is 0 Å². The summed E-state index contributed by atoms with van der Waals surface area (Å²) in [6, 6.07) is 2.71. The normalized spacial score (nSPS) is 24.2. The number of hydrogen-bond donors (Lipinski definition) is 2. The first-order chi connectivity index (χ1) is 10.9. The van der Waals surface area contributed by atoms with Crippen molar-refractivity contribution in [1.29, 1.82) is 0 Å². The van der Waals surface area contributed by atoms with Crippen molar-refractivity contribution in [2.45, 2.75) is 31.5 Å². The fraction of sp³-hybridized carbons (Fsp3) is 0.357. The van der Waals surface area contributed by atoms with Crippen molar-refractivity contribution in [1.82, 2.24) is 10.2 Å². The SMILES string of the molecule is O=C1NC(O)CCC[C@@H]1N1C(=O)c2cccc([N+](=O)[O-])c2C1=O. The van der Waals surface area contributed by atoms with E-state index in [1.165, 1.54) is 12.1 Å². The van der Waals surface area contributed by atoms with Gasteiger partial charge in [-0.3, -0.25) is 29.4 Å². The first kappa shape index (κ1) is 15.1. The zero-order valence-electron chi connectivity index (χ0n) is 11.9. The first-order valence-corrected chi connectivity index (χ1v) is 7.05. The van der Waals surface area contributed by atoms with Crippen LogP contribution < -0.4 is 5.32 Å². The maximum atomic E-state index is 12.5. The van der Waals surface area contributed by atoms with Gasteiger partial charge in [-0.05, 0) is 25.3 Å². The summed E-state index contributed by atoms with van der Waals surface area (Å²) >= 11 is 0. The number of aliphatic hydroxyl groups excluding tert-OH is 1. The van der Waals surface area contributed by atoms with Crippen LogP contribution in [-0.2, 0) is 4.79 Å². The molecule has 2 aliphatic heterocycles. The molecule has 0 bridgehead atoms. The molecule has 120 valence electrons. The first-order valence-electron chi connectivity index (χ1n) is 7.05. The average Bonchev–Trinajstić information content (AvgIpc) is 2.64. The van der Waals surface area contributed by atoms with Crippen molar-refractivity contribution in [3.05, 3.63) is 39.4 Å². The Hall–Kier alpha value is -2.81. The maximum Gasteiger partial charge on any atom is 0.282 e. The summed E-state index contributed by atoms with van der Waals surface area (Å²) < 4.78 is 0. The predicted octanol–water partition coefficient (Wildman–Crippen LogP) is 0.178. The summed E-state index contributed by atoms with van der Waals surface area (Å²) in [4.78, 5) is 48.2. The van der Waals surface area contributed by atoms with E-state index in [0.29, 0.717) is 12.8 Å². The van der Waals surface area contributed by atoms with Gasteiger partial charge in [-0.25, -0.2) is 0 Å². The molecule has 0 aliphatic carbocycles. The zero-order valence-corrected chi connectivity index (χ0v) is 11.9. The Kier molecular flexibility index (Phi) is 3.57.